The highest BCUT2D eigenvalue weighted by Crippen LogP contribution is 2.39. The molecular weight excluding hydrogens is 514 g/mol. The van der Waals surface area contributed by atoms with E-state index in [1.165, 1.54) is 11.8 Å². The average molecular weight is 546 g/mol. The lowest BCUT2D eigenvalue weighted by atomic mass is 10.0. The molecule has 2 fully saturated rings. The number of aromatic nitrogens is 1. The highest BCUT2D eigenvalue weighted by molar-refractivity contribution is 8.19. The van der Waals surface area contributed by atoms with Crippen molar-refractivity contribution in [3.8, 4) is 0 Å². The van der Waals surface area contributed by atoms with Gasteiger partial charge in [-0.05, 0) is 51.0 Å². The zero-order chi connectivity index (χ0) is 27.4. The molecule has 3 heterocycles. The fraction of sp³-hybridized carbons (Fsp3) is 0.333. The van der Waals surface area contributed by atoms with Crippen LogP contribution in [0.25, 0.3) is 17.0 Å². The maximum absolute atomic E-state index is 13.5. The van der Waals surface area contributed by atoms with Crippen LogP contribution in [0, 0.1) is 12.8 Å². The number of hydrogen-bond donors (Lipinski definition) is 1. The number of thioether (sulfide) groups is 1. The second-order valence-corrected chi connectivity index (χ2v) is 10.7. The maximum atomic E-state index is 13.5. The van der Waals surface area contributed by atoms with Gasteiger partial charge in [0.2, 0.25) is 5.91 Å². The molecule has 2 atom stereocenters. The first-order chi connectivity index (χ1) is 18.9. The lowest BCUT2D eigenvalue weighted by Gasteiger charge is -2.11. The summed E-state index contributed by atoms with van der Waals surface area (Å²) in [5, 5.41) is 4.26. The van der Waals surface area contributed by atoms with Gasteiger partial charge in [0.15, 0.2) is 11.7 Å². The molecule has 8 nitrogen and oxygen atoms in total. The van der Waals surface area contributed by atoms with Crippen LogP contribution in [-0.2, 0) is 30.4 Å². The van der Waals surface area contributed by atoms with E-state index in [0.29, 0.717) is 22.2 Å². The summed E-state index contributed by atoms with van der Waals surface area (Å²) >= 11 is 1.19. The summed E-state index contributed by atoms with van der Waals surface area (Å²) in [6, 6.07) is 15.3. The van der Waals surface area contributed by atoms with E-state index in [0.717, 1.165) is 41.5 Å². The first-order valence-corrected chi connectivity index (χ1v) is 14.0. The molecule has 1 N–H and O–H groups in total. The second kappa shape index (κ2) is 12.0. The van der Waals surface area contributed by atoms with Crippen LogP contribution >= 0.6 is 11.8 Å². The third-order valence-corrected chi connectivity index (χ3v) is 7.81. The van der Waals surface area contributed by atoms with E-state index in [1.807, 2.05) is 66.2 Å². The summed E-state index contributed by atoms with van der Waals surface area (Å²) in [5.74, 6) is -2.14. The number of aryl methyl sites for hydroxylation is 1. The number of rotatable bonds is 8. The minimum absolute atomic E-state index is 0.0733. The Balaban J connectivity index is 1.43. The lowest BCUT2D eigenvalue weighted by Crippen LogP contribution is -2.34. The van der Waals surface area contributed by atoms with Crippen LogP contribution < -0.4 is 5.32 Å². The Kier molecular flexibility index (Phi) is 8.28. The highest BCUT2D eigenvalue weighted by atomic mass is 32.2. The number of hydrogen-bond acceptors (Lipinski definition) is 7. The first kappa shape index (κ1) is 26.9. The van der Waals surface area contributed by atoms with Crippen LogP contribution in [-0.4, -0.2) is 53.1 Å². The Bertz CT molecular complexity index is 1450. The molecule has 39 heavy (non-hydrogen) atoms. The Morgan fingerprint density at radius 3 is 2.74 bits per heavy atom. The molecule has 0 aliphatic carbocycles. The molecule has 1 aromatic heterocycles. The molecule has 9 heteroatoms. The van der Waals surface area contributed by atoms with E-state index in [9.17, 15) is 14.4 Å². The van der Waals surface area contributed by atoms with E-state index in [1.54, 1.807) is 13.0 Å². The third kappa shape index (κ3) is 6.15. The minimum atomic E-state index is -1.10. The number of fused-ring (bicyclic) bond motifs is 1. The van der Waals surface area contributed by atoms with Crippen LogP contribution in [0.4, 0.5) is 5.69 Å². The largest absolute Gasteiger partial charge is 0.465 e. The fourth-order valence-electron chi connectivity index (χ4n) is 4.75. The lowest BCUT2D eigenvalue weighted by molar-refractivity contribution is -0.147. The molecule has 0 saturated carbocycles. The molecular formula is C30H31N3O5S. The Morgan fingerprint density at radius 1 is 1.21 bits per heavy atom. The van der Waals surface area contributed by atoms with Crippen molar-refractivity contribution in [2.45, 2.75) is 39.3 Å². The third-order valence-electron chi connectivity index (χ3n) is 6.73. The summed E-state index contributed by atoms with van der Waals surface area (Å²) in [6.45, 7) is 5.25. The van der Waals surface area contributed by atoms with Crippen LogP contribution in [0.15, 0.2) is 64.6 Å². The quantitative estimate of drug-likeness (QED) is 0.248. The number of amides is 1. The number of nitrogens with zero attached hydrogens (tertiary/aromatic N) is 2. The topological polar surface area (TPSA) is 99.0 Å². The number of esters is 1. The molecule has 2 aromatic carbocycles. The molecule has 2 aliphatic heterocycles. The van der Waals surface area contributed by atoms with Crippen LogP contribution in [0.5, 0.6) is 0 Å². The molecule has 2 unspecified atom stereocenters. The molecule has 2 saturated heterocycles. The molecule has 0 spiro atoms. The van der Waals surface area contributed by atoms with Gasteiger partial charge in [0.25, 0.3) is 0 Å². The summed E-state index contributed by atoms with van der Waals surface area (Å²) in [5.41, 5.74) is 3.42. The second-order valence-electron chi connectivity index (χ2n) is 9.61. The van der Waals surface area contributed by atoms with Gasteiger partial charge in [0.05, 0.1) is 23.3 Å². The van der Waals surface area contributed by atoms with Gasteiger partial charge >= 0.3 is 5.97 Å². The number of carbonyl (C=O) groups is 3. The average Bonchev–Trinajstić information content (AvgIpc) is 3.64. The predicted molar refractivity (Wildman–Crippen MR) is 153 cm³/mol. The van der Waals surface area contributed by atoms with Crippen LogP contribution in [0.3, 0.4) is 0 Å². The van der Waals surface area contributed by atoms with E-state index >= 15 is 0 Å². The van der Waals surface area contributed by atoms with Gasteiger partial charge in [-0.2, -0.15) is 0 Å². The number of Topliss-reactive ketones (excluding diaryl/α,β-unsaturated/α-hetero) is 1. The van der Waals surface area contributed by atoms with Crippen molar-refractivity contribution >= 4 is 57.1 Å². The van der Waals surface area contributed by atoms with Crippen molar-refractivity contribution in [2.24, 2.45) is 10.9 Å². The van der Waals surface area contributed by atoms with Gasteiger partial charge in [-0.25, -0.2) is 4.99 Å². The summed E-state index contributed by atoms with van der Waals surface area (Å²) in [6.07, 6.45) is 5.69. The smallest absolute Gasteiger partial charge is 0.323 e. The van der Waals surface area contributed by atoms with Crippen molar-refractivity contribution < 1.29 is 23.9 Å². The van der Waals surface area contributed by atoms with Crippen molar-refractivity contribution in [3.05, 3.63) is 70.8 Å². The van der Waals surface area contributed by atoms with Crippen molar-refractivity contribution in [2.75, 3.05) is 19.8 Å². The van der Waals surface area contributed by atoms with E-state index in [2.05, 4.69) is 10.3 Å². The highest BCUT2D eigenvalue weighted by Gasteiger charge is 2.43. The number of allylic oxidation sites excluding steroid dienone is 1. The molecule has 202 valence electrons. The monoisotopic (exact) mass is 545 g/mol. The fourth-order valence-corrected chi connectivity index (χ4v) is 5.85. The normalized spacial score (nSPS) is 21.2. The number of para-hydroxylation sites is 1. The van der Waals surface area contributed by atoms with E-state index < -0.39 is 11.9 Å². The standard InChI is InChI=1S/C30H31N3O5S/c1-3-37-30(36)27-28(35)25(39-29(27)32-21-12-10-19(2)11-13-21)15-20-17-33(24-9-5-4-8-23(20)24)18-26(34)31-16-22-7-6-14-38-22/h4-5,8-13,15,17,22,27H,3,6-7,14,16,18H2,1-2H3,(H,31,34)/b25-15-,32-29?. The SMILES string of the molecule is CCOC(=O)C1C(=O)/C(=C/c2cn(CC(=O)NCC3CCCO3)c3ccccc23)SC1=Nc1ccc(C)cc1. The zero-order valence-electron chi connectivity index (χ0n) is 22.0. The zero-order valence-corrected chi connectivity index (χ0v) is 22.8. The molecule has 2 aliphatic rings. The summed E-state index contributed by atoms with van der Waals surface area (Å²) in [4.78, 5) is 44.0. The van der Waals surface area contributed by atoms with Gasteiger partial charge < -0.3 is 19.4 Å². The molecule has 0 radical (unpaired) electrons. The van der Waals surface area contributed by atoms with E-state index in [-0.39, 0.29) is 30.9 Å². The van der Waals surface area contributed by atoms with Crippen molar-refractivity contribution in [1.29, 1.82) is 0 Å². The molecule has 0 bridgehead atoms. The van der Waals surface area contributed by atoms with Crippen LogP contribution in [0.2, 0.25) is 0 Å². The molecule has 1 amide bonds. The Labute approximate surface area is 231 Å². The first-order valence-electron chi connectivity index (χ1n) is 13.1. The van der Waals surface area contributed by atoms with Crippen molar-refractivity contribution in [1.82, 2.24) is 9.88 Å². The van der Waals surface area contributed by atoms with Crippen molar-refractivity contribution in [3.63, 3.8) is 0 Å². The number of benzene rings is 2. The Morgan fingerprint density at radius 2 is 2.00 bits per heavy atom. The van der Waals surface area contributed by atoms with Gasteiger partial charge in [-0.1, -0.05) is 47.7 Å². The number of aliphatic imine (C=N–C) groups is 1. The number of ketones is 1. The number of ether oxygens (including phenoxy) is 2. The van der Waals surface area contributed by atoms with Crippen LogP contribution in [0.1, 0.15) is 30.9 Å². The van der Waals surface area contributed by atoms with Gasteiger partial charge in [0.1, 0.15) is 11.6 Å². The van der Waals surface area contributed by atoms with Gasteiger partial charge in [-0.15, -0.1) is 0 Å². The summed E-state index contributed by atoms with van der Waals surface area (Å²) in [7, 11) is 0. The minimum Gasteiger partial charge on any atom is -0.465 e. The van der Waals surface area contributed by atoms with Gasteiger partial charge in [0, 0.05) is 35.8 Å². The number of nitrogens with one attached hydrogen (secondary N) is 1. The predicted octanol–water partition coefficient (Wildman–Crippen LogP) is 4.81. The number of carbonyl (C=O) groups excluding carboxylic acids is 3. The molecule has 5 rings (SSSR count). The van der Waals surface area contributed by atoms with E-state index in [4.69, 9.17) is 9.47 Å². The maximum Gasteiger partial charge on any atom is 0.323 e. The summed E-state index contributed by atoms with van der Waals surface area (Å²) < 4.78 is 12.7. The van der Waals surface area contributed by atoms with Gasteiger partial charge in [-0.3, -0.25) is 14.4 Å². The molecule has 3 aromatic rings. The Hall–Kier alpha value is -3.69.